The van der Waals surface area contributed by atoms with Crippen LogP contribution in [0.3, 0.4) is 0 Å². The van der Waals surface area contributed by atoms with Crippen molar-refractivity contribution in [3.63, 3.8) is 0 Å². The zero-order chi connectivity index (χ0) is 53.1. The lowest BCUT2D eigenvalue weighted by atomic mass is 9.84. The highest BCUT2D eigenvalue weighted by Crippen LogP contribution is 2.26. The van der Waals surface area contributed by atoms with Crippen LogP contribution in [0.1, 0.15) is 161 Å². The molecule has 3 aliphatic heterocycles. The molecule has 1 aromatic rings. The Balaban J connectivity index is 0.000000495. The minimum Gasteiger partial charge on any atom is -0.481 e. The summed E-state index contributed by atoms with van der Waals surface area (Å²) in [7, 11) is 3.90. The second-order valence-electron chi connectivity index (χ2n) is 18.0. The molecule has 0 radical (unpaired) electrons. The molecular weight excluding hydrogens is 925 g/mol. The highest BCUT2D eigenvalue weighted by Gasteiger charge is 2.41. The lowest BCUT2D eigenvalue weighted by Crippen LogP contribution is -2.59. The average Bonchev–Trinajstić information content (AvgIpc) is 3.32. The molecule has 3 atom stereocenters. The first kappa shape index (κ1) is 62.7. The van der Waals surface area contributed by atoms with Crippen LogP contribution in [-0.2, 0) is 68.7 Å². The Morgan fingerprint density at radius 3 is 1.41 bits per heavy atom. The largest absolute Gasteiger partial charge is 0.481 e. The molecule has 21 heteroatoms. The Labute approximate surface area is 418 Å². The Hall–Kier alpha value is -6.28. The third kappa shape index (κ3) is 27.6. The summed E-state index contributed by atoms with van der Waals surface area (Å²) < 4.78 is 19.2. The van der Waals surface area contributed by atoms with Gasteiger partial charge in [0.2, 0.25) is 29.5 Å². The van der Waals surface area contributed by atoms with E-state index in [-0.39, 0.29) is 80.8 Å². The summed E-state index contributed by atoms with van der Waals surface area (Å²) in [6.07, 6.45) is 11.2. The summed E-state index contributed by atoms with van der Waals surface area (Å²) in [5.74, 6) is -2.54. The SMILES string of the molecule is CCCCCC(=O)NC1(CC(=O)OC)CCC(=O)NC1.CCCCCC(=O)NC1(CC(=O)OC)CCNC(=O)C1.CCCCCC(=O)O.COC(=O)CC1(NC(=O)OCc2ccccc2)CCNC(=O)C1. The first-order valence-corrected chi connectivity index (χ1v) is 24.7. The number of rotatable bonds is 23. The van der Waals surface area contributed by atoms with E-state index in [9.17, 15) is 47.9 Å². The summed E-state index contributed by atoms with van der Waals surface area (Å²) >= 11 is 0. The lowest BCUT2D eigenvalue weighted by molar-refractivity contribution is -0.145. The van der Waals surface area contributed by atoms with Crippen molar-refractivity contribution in [2.75, 3.05) is 41.0 Å². The van der Waals surface area contributed by atoms with Crippen LogP contribution in [0.15, 0.2) is 30.3 Å². The number of methoxy groups -OCH3 is 3. The molecule has 4 rings (SSSR count). The van der Waals surface area contributed by atoms with Crippen molar-refractivity contribution in [1.29, 1.82) is 0 Å². The van der Waals surface area contributed by atoms with Gasteiger partial charge in [0.05, 0.1) is 70.1 Å². The van der Waals surface area contributed by atoms with Gasteiger partial charge in [-0.25, -0.2) is 4.79 Å². The van der Waals surface area contributed by atoms with Gasteiger partial charge in [-0.15, -0.1) is 0 Å². The molecule has 400 valence electrons. The number of alkyl carbamates (subject to hydrolysis) is 1. The predicted molar refractivity (Wildman–Crippen MR) is 261 cm³/mol. The number of carboxylic acids is 1. The van der Waals surface area contributed by atoms with E-state index in [1.165, 1.54) is 21.3 Å². The Morgan fingerprint density at radius 2 is 1.00 bits per heavy atom. The van der Waals surface area contributed by atoms with Crippen LogP contribution >= 0.6 is 0 Å². The minimum atomic E-state index is -0.969. The number of aliphatic carboxylic acids is 1. The van der Waals surface area contributed by atoms with Crippen LogP contribution in [0, 0.1) is 0 Å². The molecule has 0 saturated carbocycles. The summed E-state index contributed by atoms with van der Waals surface area (Å²) in [6.45, 7) is 7.45. The van der Waals surface area contributed by atoms with Crippen molar-refractivity contribution in [2.45, 2.75) is 179 Å². The van der Waals surface area contributed by atoms with Gasteiger partial charge in [0.15, 0.2) is 0 Å². The number of unbranched alkanes of at least 4 members (excludes halogenated alkanes) is 6. The van der Waals surface area contributed by atoms with E-state index in [4.69, 9.17) is 9.84 Å². The summed E-state index contributed by atoms with van der Waals surface area (Å²) in [4.78, 5) is 115. The van der Waals surface area contributed by atoms with Gasteiger partial charge in [-0.05, 0) is 44.1 Å². The zero-order valence-corrected chi connectivity index (χ0v) is 42.7. The molecule has 3 saturated heterocycles. The molecule has 3 heterocycles. The number of hydrogen-bond donors (Lipinski definition) is 7. The van der Waals surface area contributed by atoms with Crippen LogP contribution in [-0.4, -0.2) is 122 Å². The molecule has 3 unspecified atom stereocenters. The van der Waals surface area contributed by atoms with Crippen LogP contribution in [0.5, 0.6) is 0 Å². The highest BCUT2D eigenvalue weighted by molar-refractivity contribution is 5.85. The smallest absolute Gasteiger partial charge is 0.407 e. The topological polar surface area (TPSA) is 300 Å². The van der Waals surface area contributed by atoms with Gasteiger partial charge in [-0.2, -0.15) is 0 Å². The Morgan fingerprint density at radius 1 is 0.563 bits per heavy atom. The normalized spacial score (nSPS) is 20.0. The summed E-state index contributed by atoms with van der Waals surface area (Å²) in [6, 6.07) is 9.24. The van der Waals surface area contributed by atoms with E-state index in [0.29, 0.717) is 58.0 Å². The second-order valence-corrected chi connectivity index (χ2v) is 18.0. The fourth-order valence-corrected chi connectivity index (χ4v) is 7.84. The molecule has 0 spiro atoms. The summed E-state index contributed by atoms with van der Waals surface area (Å²) in [5, 5.41) is 24.7. The van der Waals surface area contributed by atoms with E-state index >= 15 is 0 Å². The number of benzene rings is 1. The minimum absolute atomic E-state index is 0.0164. The molecule has 6 amide bonds. The third-order valence-corrected chi connectivity index (χ3v) is 11.8. The maximum Gasteiger partial charge on any atom is 0.407 e. The molecule has 0 bridgehead atoms. The lowest BCUT2D eigenvalue weighted by Gasteiger charge is -2.37. The third-order valence-electron chi connectivity index (χ3n) is 11.8. The standard InChI is InChI=1S/C16H20N2O5.2C14H24N2O4.C6H12O2/c1-22-14(20)10-16(7-8-17-13(19)9-16)18-15(21)23-11-12-5-3-2-4-6-12;1-3-4-5-6-12(18)16-14(9-13(19)20-2)8-7-11(17)15-10-14;1-3-4-5-6-11(17)16-14(10-13(19)20-2)7-8-15-12(18)9-14;1-2-3-4-5-6(7)8/h2-6H,7-11H2,1H3,(H,17,19)(H,18,21);3-10H2,1-2H3,(H,15,17)(H,16,18);3-10H2,1-2H3,(H,15,18)(H,16,17);2-5H2,1H3,(H,7,8). The number of nitrogens with one attached hydrogen (secondary N) is 6. The molecule has 1 aromatic carbocycles. The fraction of sp³-hybridized carbons (Fsp3) is 0.680. The molecule has 0 aliphatic carbocycles. The fourth-order valence-electron chi connectivity index (χ4n) is 7.84. The maximum atomic E-state index is 12.0. The van der Waals surface area contributed by atoms with Gasteiger partial charge in [0.1, 0.15) is 6.61 Å². The van der Waals surface area contributed by atoms with Crippen LogP contribution < -0.4 is 31.9 Å². The van der Waals surface area contributed by atoms with E-state index in [2.05, 4.69) is 66.9 Å². The van der Waals surface area contributed by atoms with E-state index < -0.39 is 40.6 Å². The molecule has 3 fully saturated rings. The molecule has 21 nitrogen and oxygen atoms in total. The number of piperidine rings is 3. The quantitative estimate of drug-likeness (QED) is 0.0449. The van der Waals surface area contributed by atoms with Gasteiger partial charge in [-0.1, -0.05) is 89.6 Å². The first-order chi connectivity index (χ1) is 33.8. The monoisotopic (exact) mass is 1000 g/mol. The van der Waals surface area contributed by atoms with Crippen molar-refractivity contribution in [3.8, 4) is 0 Å². The van der Waals surface area contributed by atoms with E-state index in [1.807, 2.05) is 30.3 Å². The zero-order valence-electron chi connectivity index (χ0n) is 42.7. The Bertz CT molecular complexity index is 1860. The first-order valence-electron chi connectivity index (χ1n) is 24.7. The van der Waals surface area contributed by atoms with Crippen LogP contribution in [0.2, 0.25) is 0 Å². The molecule has 71 heavy (non-hydrogen) atoms. The molecule has 3 aliphatic rings. The van der Waals surface area contributed by atoms with E-state index in [0.717, 1.165) is 63.4 Å². The molecule has 7 N–H and O–H groups in total. The highest BCUT2D eigenvalue weighted by atomic mass is 16.6. The average molecular weight is 1010 g/mol. The maximum absolute atomic E-state index is 12.0. The predicted octanol–water partition coefficient (Wildman–Crippen LogP) is 4.57. The van der Waals surface area contributed by atoms with Gasteiger partial charge < -0.3 is 56.0 Å². The van der Waals surface area contributed by atoms with Crippen LogP contribution in [0.25, 0.3) is 0 Å². The van der Waals surface area contributed by atoms with Crippen molar-refractivity contribution in [1.82, 2.24) is 31.9 Å². The number of amides is 6. The van der Waals surface area contributed by atoms with Crippen LogP contribution in [0.4, 0.5) is 4.79 Å². The van der Waals surface area contributed by atoms with Gasteiger partial charge in [-0.3, -0.25) is 43.2 Å². The number of ether oxygens (including phenoxy) is 4. The number of hydrogen-bond acceptors (Lipinski definition) is 14. The van der Waals surface area contributed by atoms with Crippen molar-refractivity contribution in [3.05, 3.63) is 35.9 Å². The van der Waals surface area contributed by atoms with Gasteiger partial charge in [0, 0.05) is 45.3 Å². The number of esters is 3. The number of carboxylic acid groups (broad SMARTS) is 1. The number of carbonyl (C=O) groups is 10. The van der Waals surface area contributed by atoms with Gasteiger partial charge in [0.25, 0.3) is 0 Å². The van der Waals surface area contributed by atoms with Crippen molar-refractivity contribution >= 4 is 59.5 Å². The molecule has 0 aromatic heterocycles. The number of carbonyl (C=O) groups excluding carboxylic acids is 9. The Kier molecular flexibility index (Phi) is 30.9. The molecular formula is C50H80N6O15. The summed E-state index contributed by atoms with van der Waals surface area (Å²) in [5.41, 5.74) is -1.61. The van der Waals surface area contributed by atoms with Crippen molar-refractivity contribution < 1.29 is 72.0 Å². The second kappa shape index (κ2) is 34.9. The van der Waals surface area contributed by atoms with Gasteiger partial charge >= 0.3 is 30.0 Å². The van der Waals surface area contributed by atoms with Crippen molar-refractivity contribution in [2.24, 2.45) is 0 Å². The van der Waals surface area contributed by atoms with E-state index in [1.54, 1.807) is 0 Å².